The van der Waals surface area contributed by atoms with Crippen LogP contribution in [-0.2, 0) is 10.0 Å². The van der Waals surface area contributed by atoms with Crippen LogP contribution in [0.2, 0.25) is 0 Å². The number of nitrogens with zero attached hydrogens (tertiary/aromatic N) is 2. The van der Waals surface area contributed by atoms with Crippen LogP contribution in [0.15, 0.2) is 47.6 Å². The molecule has 0 amide bonds. The summed E-state index contributed by atoms with van der Waals surface area (Å²) in [6, 6.07) is 8.45. The molecule has 4 bridgehead atoms. The molecule has 170 valence electrons. The SMILES string of the molecule is CC(NC(=S)Nc1ccc(S(=O)(=O)Nc2ncccn2)cc1)C12CC3CC(CC(C3)C1)C2. The summed E-state index contributed by atoms with van der Waals surface area (Å²) in [6.07, 6.45) is 11.2. The van der Waals surface area contributed by atoms with Crippen molar-refractivity contribution in [2.45, 2.75) is 56.4 Å². The lowest BCUT2D eigenvalue weighted by atomic mass is 9.48. The van der Waals surface area contributed by atoms with Crippen molar-refractivity contribution < 1.29 is 8.42 Å². The zero-order chi connectivity index (χ0) is 22.3. The van der Waals surface area contributed by atoms with Crippen LogP contribution in [0.5, 0.6) is 0 Å². The highest BCUT2D eigenvalue weighted by atomic mass is 32.2. The van der Waals surface area contributed by atoms with Crippen LogP contribution in [0.1, 0.15) is 45.4 Å². The summed E-state index contributed by atoms with van der Waals surface area (Å²) >= 11 is 5.59. The predicted octanol–water partition coefficient (Wildman–Crippen LogP) is 4.17. The Balaban J connectivity index is 1.20. The van der Waals surface area contributed by atoms with Crippen molar-refractivity contribution in [1.82, 2.24) is 15.3 Å². The van der Waals surface area contributed by atoms with Crippen LogP contribution in [0, 0.1) is 23.2 Å². The van der Waals surface area contributed by atoms with Crippen LogP contribution in [0.25, 0.3) is 0 Å². The normalized spacial score (nSPS) is 29.3. The standard InChI is InChI=1S/C23H29N5O2S2/c1-15(23-12-16-9-17(13-23)11-18(10-16)14-23)26-22(31)27-19-3-5-20(6-4-19)32(29,30)28-21-24-7-2-8-25-21/h2-8,15-18H,9-14H2,1H3,(H,24,25,28)(H2,26,27,31). The largest absolute Gasteiger partial charge is 0.359 e. The number of rotatable bonds is 6. The summed E-state index contributed by atoms with van der Waals surface area (Å²) in [5.74, 6) is 2.74. The summed E-state index contributed by atoms with van der Waals surface area (Å²) < 4.78 is 27.4. The van der Waals surface area contributed by atoms with Crippen molar-refractivity contribution in [3.8, 4) is 0 Å². The molecule has 4 fully saturated rings. The zero-order valence-electron chi connectivity index (χ0n) is 18.1. The van der Waals surface area contributed by atoms with Crippen molar-refractivity contribution in [1.29, 1.82) is 0 Å². The minimum atomic E-state index is -3.75. The fourth-order valence-electron chi connectivity index (χ4n) is 6.47. The molecule has 9 heteroatoms. The van der Waals surface area contributed by atoms with Gasteiger partial charge in [-0.05, 0) is 111 Å². The van der Waals surface area contributed by atoms with Gasteiger partial charge < -0.3 is 10.6 Å². The molecule has 6 rings (SSSR count). The molecular formula is C23H29N5O2S2. The summed E-state index contributed by atoms with van der Waals surface area (Å²) in [5, 5.41) is 7.33. The number of sulfonamides is 1. The first-order valence-corrected chi connectivity index (χ1v) is 13.2. The van der Waals surface area contributed by atoms with E-state index in [0.29, 0.717) is 16.6 Å². The van der Waals surface area contributed by atoms with E-state index in [0.717, 1.165) is 23.4 Å². The number of nitrogens with one attached hydrogen (secondary N) is 3. The number of benzene rings is 1. The van der Waals surface area contributed by atoms with E-state index >= 15 is 0 Å². The Bertz CT molecular complexity index is 1050. The van der Waals surface area contributed by atoms with Gasteiger partial charge in [-0.25, -0.2) is 23.1 Å². The Morgan fingerprint density at radius 1 is 1.03 bits per heavy atom. The number of thiocarbonyl (C=S) groups is 1. The molecule has 1 atom stereocenters. The van der Waals surface area contributed by atoms with Crippen LogP contribution in [-0.4, -0.2) is 29.5 Å². The third-order valence-electron chi connectivity index (χ3n) is 7.57. The molecular weight excluding hydrogens is 442 g/mol. The van der Waals surface area contributed by atoms with Gasteiger partial charge in [0.25, 0.3) is 10.0 Å². The monoisotopic (exact) mass is 471 g/mol. The maximum absolute atomic E-state index is 12.5. The predicted molar refractivity (Wildman–Crippen MR) is 129 cm³/mol. The van der Waals surface area contributed by atoms with Gasteiger partial charge in [0.2, 0.25) is 5.95 Å². The van der Waals surface area contributed by atoms with E-state index in [9.17, 15) is 8.42 Å². The second-order valence-electron chi connectivity index (χ2n) is 9.80. The maximum atomic E-state index is 12.5. The third-order valence-corrected chi connectivity index (χ3v) is 9.13. The van der Waals surface area contributed by atoms with Gasteiger partial charge in [0, 0.05) is 24.1 Å². The number of aromatic nitrogens is 2. The maximum Gasteiger partial charge on any atom is 0.264 e. The molecule has 32 heavy (non-hydrogen) atoms. The van der Waals surface area contributed by atoms with E-state index in [1.165, 1.54) is 50.9 Å². The highest BCUT2D eigenvalue weighted by molar-refractivity contribution is 7.92. The lowest BCUT2D eigenvalue weighted by Gasteiger charge is -2.59. The van der Waals surface area contributed by atoms with Crippen LogP contribution < -0.4 is 15.4 Å². The lowest BCUT2D eigenvalue weighted by Crippen LogP contribution is -2.56. The average molecular weight is 472 g/mol. The second kappa shape index (κ2) is 8.26. The molecule has 2 aromatic rings. The van der Waals surface area contributed by atoms with Gasteiger partial charge in [0.05, 0.1) is 4.90 Å². The van der Waals surface area contributed by atoms with E-state index in [4.69, 9.17) is 12.2 Å². The number of hydrogen-bond acceptors (Lipinski definition) is 5. The molecule has 0 radical (unpaired) electrons. The van der Waals surface area contributed by atoms with Crippen molar-refractivity contribution in [3.05, 3.63) is 42.7 Å². The van der Waals surface area contributed by atoms with Crippen LogP contribution >= 0.6 is 12.2 Å². The van der Waals surface area contributed by atoms with Gasteiger partial charge in [0.1, 0.15) is 0 Å². The zero-order valence-corrected chi connectivity index (χ0v) is 19.8. The van der Waals surface area contributed by atoms with Crippen molar-refractivity contribution in [3.63, 3.8) is 0 Å². The van der Waals surface area contributed by atoms with Crippen LogP contribution in [0.3, 0.4) is 0 Å². The Morgan fingerprint density at radius 3 is 2.16 bits per heavy atom. The van der Waals surface area contributed by atoms with Crippen molar-refractivity contribution in [2.75, 3.05) is 10.0 Å². The highest BCUT2D eigenvalue weighted by Crippen LogP contribution is 2.61. The first kappa shape index (κ1) is 21.6. The fourth-order valence-corrected chi connectivity index (χ4v) is 7.73. The van der Waals surface area contributed by atoms with Gasteiger partial charge in [-0.15, -0.1) is 0 Å². The van der Waals surface area contributed by atoms with Crippen molar-refractivity contribution >= 4 is 39.0 Å². The molecule has 0 aliphatic heterocycles. The molecule has 4 aliphatic rings. The first-order valence-electron chi connectivity index (χ1n) is 11.3. The number of anilines is 2. The summed E-state index contributed by atoms with van der Waals surface area (Å²) in [5.41, 5.74) is 1.11. The fraction of sp³-hybridized carbons (Fsp3) is 0.522. The number of hydrogen-bond donors (Lipinski definition) is 3. The lowest BCUT2D eigenvalue weighted by molar-refractivity contribution is -0.0671. The molecule has 1 unspecified atom stereocenters. The first-order chi connectivity index (χ1) is 15.3. The highest BCUT2D eigenvalue weighted by Gasteiger charge is 2.53. The van der Waals surface area contributed by atoms with Gasteiger partial charge in [-0.1, -0.05) is 0 Å². The minimum Gasteiger partial charge on any atom is -0.359 e. The molecule has 0 saturated heterocycles. The van der Waals surface area contributed by atoms with Gasteiger partial charge in [-0.2, -0.15) is 0 Å². The van der Waals surface area contributed by atoms with Gasteiger partial charge in [-0.3, -0.25) is 0 Å². The molecule has 0 spiro atoms. The minimum absolute atomic E-state index is 0.0405. The smallest absolute Gasteiger partial charge is 0.264 e. The molecule has 1 aromatic carbocycles. The summed E-state index contributed by atoms with van der Waals surface area (Å²) in [6.45, 7) is 2.27. The Labute approximate surface area is 194 Å². The molecule has 4 aliphatic carbocycles. The third kappa shape index (κ3) is 4.32. The second-order valence-corrected chi connectivity index (χ2v) is 11.9. The molecule has 3 N–H and O–H groups in total. The molecule has 1 aromatic heterocycles. The average Bonchev–Trinajstić information content (AvgIpc) is 2.73. The van der Waals surface area contributed by atoms with E-state index in [1.54, 1.807) is 30.3 Å². The van der Waals surface area contributed by atoms with Crippen LogP contribution in [0.4, 0.5) is 11.6 Å². The van der Waals surface area contributed by atoms with E-state index in [1.807, 2.05) is 0 Å². The quantitative estimate of drug-likeness (QED) is 0.544. The van der Waals surface area contributed by atoms with Gasteiger partial charge in [0.15, 0.2) is 5.11 Å². The summed E-state index contributed by atoms with van der Waals surface area (Å²) in [7, 11) is -3.75. The Hall–Kier alpha value is -2.26. The Morgan fingerprint density at radius 2 is 1.59 bits per heavy atom. The van der Waals surface area contributed by atoms with Crippen molar-refractivity contribution in [2.24, 2.45) is 23.2 Å². The van der Waals surface area contributed by atoms with Gasteiger partial charge >= 0.3 is 0 Å². The Kier molecular flexibility index (Phi) is 5.57. The van der Waals surface area contributed by atoms with E-state index in [2.05, 4.69) is 32.2 Å². The molecule has 4 saturated carbocycles. The molecule has 1 heterocycles. The summed E-state index contributed by atoms with van der Waals surface area (Å²) in [4.78, 5) is 7.94. The van der Waals surface area contributed by atoms with E-state index < -0.39 is 10.0 Å². The van der Waals surface area contributed by atoms with E-state index in [-0.39, 0.29) is 10.8 Å². The topological polar surface area (TPSA) is 96.0 Å². The molecule has 7 nitrogen and oxygen atoms in total.